The minimum atomic E-state index is 0.455. The summed E-state index contributed by atoms with van der Waals surface area (Å²) >= 11 is 0. The van der Waals surface area contributed by atoms with E-state index in [2.05, 4.69) is 40.1 Å². The van der Waals surface area contributed by atoms with Crippen LogP contribution in [0, 0.1) is 0 Å². The zero-order chi connectivity index (χ0) is 12.8. The zero-order valence-corrected chi connectivity index (χ0v) is 11.5. The number of hydrogen-bond acceptors (Lipinski definition) is 4. The molecule has 0 saturated carbocycles. The van der Waals surface area contributed by atoms with Crippen molar-refractivity contribution in [3.05, 3.63) is 12.4 Å². The van der Waals surface area contributed by atoms with Crippen LogP contribution in [-0.4, -0.2) is 29.1 Å². The van der Waals surface area contributed by atoms with E-state index >= 15 is 0 Å². The van der Waals surface area contributed by atoms with Crippen molar-refractivity contribution in [3.63, 3.8) is 0 Å². The second-order valence-corrected chi connectivity index (χ2v) is 5.12. The van der Waals surface area contributed by atoms with Crippen molar-refractivity contribution >= 4 is 11.6 Å². The number of aromatic nitrogens is 2. The molecule has 1 saturated heterocycles. The summed E-state index contributed by atoms with van der Waals surface area (Å²) in [6.07, 6.45) is 8.02. The summed E-state index contributed by atoms with van der Waals surface area (Å²) in [5, 5.41) is 3.41. The summed E-state index contributed by atoms with van der Waals surface area (Å²) in [6.45, 7) is 6.60. The van der Waals surface area contributed by atoms with Crippen molar-refractivity contribution in [1.82, 2.24) is 9.97 Å². The summed E-state index contributed by atoms with van der Waals surface area (Å²) in [6, 6.07) is 2.54. The normalized spacial score (nSPS) is 18.2. The number of rotatable bonds is 4. The smallest absolute Gasteiger partial charge is 0.134 e. The molecule has 4 nitrogen and oxygen atoms in total. The quantitative estimate of drug-likeness (QED) is 0.889. The number of hydrogen-bond donors (Lipinski definition) is 1. The highest BCUT2D eigenvalue weighted by molar-refractivity contribution is 5.48. The molecule has 0 spiro atoms. The Hall–Kier alpha value is -1.32. The molecule has 0 radical (unpaired) electrons. The molecule has 4 heteroatoms. The lowest BCUT2D eigenvalue weighted by Crippen LogP contribution is -2.25. The van der Waals surface area contributed by atoms with Crippen LogP contribution in [0.2, 0.25) is 0 Å². The van der Waals surface area contributed by atoms with E-state index in [1.54, 1.807) is 6.33 Å². The van der Waals surface area contributed by atoms with Gasteiger partial charge in [-0.05, 0) is 26.2 Å². The van der Waals surface area contributed by atoms with Crippen molar-refractivity contribution in [2.24, 2.45) is 0 Å². The van der Waals surface area contributed by atoms with Gasteiger partial charge in [-0.2, -0.15) is 0 Å². The Kier molecular flexibility index (Phi) is 4.79. The first-order valence-electron chi connectivity index (χ1n) is 7.13. The van der Waals surface area contributed by atoms with Gasteiger partial charge in [0.1, 0.15) is 18.0 Å². The lowest BCUT2D eigenvalue weighted by atomic mass is 10.2. The Labute approximate surface area is 110 Å². The molecular weight excluding hydrogens is 224 g/mol. The molecule has 1 fully saturated rings. The predicted octanol–water partition coefficient (Wildman–Crippen LogP) is 3.07. The second kappa shape index (κ2) is 6.57. The summed E-state index contributed by atoms with van der Waals surface area (Å²) in [4.78, 5) is 11.1. The minimum Gasteiger partial charge on any atom is -0.367 e. The van der Waals surface area contributed by atoms with Crippen LogP contribution in [0.15, 0.2) is 12.4 Å². The van der Waals surface area contributed by atoms with Gasteiger partial charge in [0.25, 0.3) is 0 Å². The van der Waals surface area contributed by atoms with E-state index in [-0.39, 0.29) is 0 Å². The highest BCUT2D eigenvalue weighted by Crippen LogP contribution is 2.19. The van der Waals surface area contributed by atoms with Crippen LogP contribution in [0.25, 0.3) is 0 Å². The first-order valence-corrected chi connectivity index (χ1v) is 7.13. The fourth-order valence-corrected chi connectivity index (χ4v) is 2.25. The molecule has 100 valence electrons. The van der Waals surface area contributed by atoms with E-state index in [1.807, 2.05) is 0 Å². The highest BCUT2D eigenvalue weighted by atomic mass is 15.2. The molecule has 2 heterocycles. The molecule has 1 aliphatic rings. The van der Waals surface area contributed by atoms with Gasteiger partial charge in [-0.25, -0.2) is 9.97 Å². The Morgan fingerprint density at radius 3 is 2.61 bits per heavy atom. The number of anilines is 2. The van der Waals surface area contributed by atoms with Crippen LogP contribution in [0.4, 0.5) is 11.6 Å². The van der Waals surface area contributed by atoms with E-state index in [9.17, 15) is 0 Å². The van der Waals surface area contributed by atoms with E-state index < -0.39 is 0 Å². The molecule has 0 aromatic carbocycles. The third kappa shape index (κ3) is 3.59. The summed E-state index contributed by atoms with van der Waals surface area (Å²) in [5.41, 5.74) is 0. The van der Waals surface area contributed by atoms with Crippen LogP contribution in [0.3, 0.4) is 0 Å². The fourth-order valence-electron chi connectivity index (χ4n) is 2.25. The zero-order valence-electron chi connectivity index (χ0n) is 11.5. The lowest BCUT2D eigenvalue weighted by Gasteiger charge is -2.22. The Bertz CT molecular complexity index is 359. The topological polar surface area (TPSA) is 41.0 Å². The van der Waals surface area contributed by atoms with Crippen molar-refractivity contribution in [1.29, 1.82) is 0 Å². The molecule has 1 atom stereocenters. The first kappa shape index (κ1) is 13.1. The molecule has 1 N–H and O–H groups in total. The van der Waals surface area contributed by atoms with Gasteiger partial charge in [-0.3, -0.25) is 0 Å². The number of nitrogens with one attached hydrogen (secondary N) is 1. The van der Waals surface area contributed by atoms with Gasteiger partial charge < -0.3 is 10.2 Å². The molecule has 1 unspecified atom stereocenters. The molecule has 1 aliphatic heterocycles. The van der Waals surface area contributed by atoms with Crippen LogP contribution in [0.1, 0.15) is 46.0 Å². The third-order valence-corrected chi connectivity index (χ3v) is 3.59. The highest BCUT2D eigenvalue weighted by Gasteiger charge is 2.12. The minimum absolute atomic E-state index is 0.455. The summed E-state index contributed by atoms with van der Waals surface area (Å²) in [5.74, 6) is 2.01. The average molecular weight is 248 g/mol. The maximum atomic E-state index is 4.41. The summed E-state index contributed by atoms with van der Waals surface area (Å²) < 4.78 is 0. The largest absolute Gasteiger partial charge is 0.367 e. The van der Waals surface area contributed by atoms with Gasteiger partial charge in [0.15, 0.2) is 0 Å². The van der Waals surface area contributed by atoms with Crippen LogP contribution in [0.5, 0.6) is 0 Å². The van der Waals surface area contributed by atoms with Gasteiger partial charge in [-0.1, -0.05) is 19.8 Å². The molecule has 2 rings (SSSR count). The SMILES string of the molecule is CCC(C)Nc1cc(N2CCCCCC2)ncn1. The standard InChI is InChI=1S/C14H24N4/c1-3-12(2)17-13-10-14(16-11-15-13)18-8-6-4-5-7-9-18/h10-12H,3-9H2,1-2H3,(H,15,16,17). The number of nitrogens with zero attached hydrogens (tertiary/aromatic N) is 3. The van der Waals surface area contributed by atoms with E-state index in [1.165, 1.54) is 25.7 Å². The van der Waals surface area contributed by atoms with Crippen molar-refractivity contribution in [2.45, 2.75) is 52.0 Å². The van der Waals surface area contributed by atoms with Crippen LogP contribution >= 0.6 is 0 Å². The van der Waals surface area contributed by atoms with Crippen molar-refractivity contribution < 1.29 is 0 Å². The van der Waals surface area contributed by atoms with Gasteiger partial charge in [0.2, 0.25) is 0 Å². The third-order valence-electron chi connectivity index (χ3n) is 3.59. The molecule has 0 bridgehead atoms. The molecule has 0 aliphatic carbocycles. The molecule has 1 aromatic heterocycles. The van der Waals surface area contributed by atoms with Gasteiger partial charge in [-0.15, -0.1) is 0 Å². The summed E-state index contributed by atoms with van der Waals surface area (Å²) in [7, 11) is 0. The Balaban J connectivity index is 2.05. The average Bonchev–Trinajstić information content (AvgIpc) is 2.68. The van der Waals surface area contributed by atoms with E-state index in [4.69, 9.17) is 0 Å². The van der Waals surface area contributed by atoms with E-state index in [0.717, 1.165) is 31.1 Å². The fraction of sp³-hybridized carbons (Fsp3) is 0.714. The van der Waals surface area contributed by atoms with Gasteiger partial charge in [0.05, 0.1) is 0 Å². The van der Waals surface area contributed by atoms with E-state index in [0.29, 0.717) is 6.04 Å². The lowest BCUT2D eigenvalue weighted by molar-refractivity contribution is 0.726. The van der Waals surface area contributed by atoms with Crippen molar-refractivity contribution in [3.8, 4) is 0 Å². The Morgan fingerprint density at radius 2 is 1.94 bits per heavy atom. The monoisotopic (exact) mass is 248 g/mol. The van der Waals surface area contributed by atoms with Gasteiger partial charge in [0, 0.05) is 25.2 Å². The first-order chi connectivity index (χ1) is 8.79. The molecule has 18 heavy (non-hydrogen) atoms. The predicted molar refractivity (Wildman–Crippen MR) is 76.1 cm³/mol. The Morgan fingerprint density at radius 1 is 1.22 bits per heavy atom. The molecule has 1 aromatic rings. The van der Waals surface area contributed by atoms with Gasteiger partial charge >= 0.3 is 0 Å². The van der Waals surface area contributed by atoms with Crippen molar-refractivity contribution in [2.75, 3.05) is 23.3 Å². The maximum Gasteiger partial charge on any atom is 0.134 e. The van der Waals surface area contributed by atoms with Crippen LogP contribution < -0.4 is 10.2 Å². The molecular formula is C14H24N4. The second-order valence-electron chi connectivity index (χ2n) is 5.12. The molecule has 0 amide bonds. The van der Waals surface area contributed by atoms with Crippen LogP contribution in [-0.2, 0) is 0 Å². The maximum absolute atomic E-state index is 4.41.